The fourth-order valence-corrected chi connectivity index (χ4v) is 6.58. The standard InChI is InChI=1S/C29H52O3S/c1-24(2)29(19-17-25(3)22-27(29)23-28(31)32)18-13-9-7-5-6-8-10-14-20-33-21-15-11-12-16-26(4)30/h14,20,24-25,27H,5-13,15-19,21-23H2,1-4H3,(H,31,32)/b20-14-/t25-,27-,29-/m0/s1. The van der Waals surface area contributed by atoms with Crippen LogP contribution in [0.5, 0.6) is 0 Å². The van der Waals surface area contributed by atoms with Gasteiger partial charge in [-0.1, -0.05) is 71.8 Å². The molecule has 0 amide bonds. The lowest BCUT2D eigenvalue weighted by Gasteiger charge is -2.49. The lowest BCUT2D eigenvalue weighted by Crippen LogP contribution is -2.41. The zero-order valence-corrected chi connectivity index (χ0v) is 22.9. The Hall–Kier alpha value is -0.770. The maximum absolute atomic E-state index is 11.5. The van der Waals surface area contributed by atoms with Gasteiger partial charge >= 0.3 is 5.97 Å². The van der Waals surface area contributed by atoms with Crippen LogP contribution < -0.4 is 0 Å². The number of carbonyl (C=O) groups excluding carboxylic acids is 1. The van der Waals surface area contributed by atoms with E-state index in [1.165, 1.54) is 76.4 Å². The third kappa shape index (κ3) is 13.0. The number of carbonyl (C=O) groups is 2. The van der Waals surface area contributed by atoms with Gasteiger partial charge in [-0.2, -0.15) is 0 Å². The molecule has 1 aliphatic rings. The minimum atomic E-state index is -0.615. The van der Waals surface area contributed by atoms with Gasteiger partial charge in [0.25, 0.3) is 0 Å². The van der Waals surface area contributed by atoms with Crippen LogP contribution in [0.3, 0.4) is 0 Å². The Morgan fingerprint density at radius 1 is 1.03 bits per heavy atom. The molecule has 0 aromatic carbocycles. The SMILES string of the molecule is CC(=O)CCCCCS/C=C\CCCCCCCC[C@@]1(C(C)C)CC[C@H](C)C[C@H]1CC(=O)O. The molecule has 0 saturated heterocycles. The molecule has 0 heterocycles. The summed E-state index contributed by atoms with van der Waals surface area (Å²) in [4.78, 5) is 22.4. The molecular weight excluding hydrogens is 428 g/mol. The van der Waals surface area contributed by atoms with Crippen molar-refractivity contribution in [3.05, 3.63) is 11.5 Å². The number of hydrogen-bond donors (Lipinski definition) is 1. The predicted molar refractivity (Wildman–Crippen MR) is 144 cm³/mol. The summed E-state index contributed by atoms with van der Waals surface area (Å²) in [7, 11) is 0. The van der Waals surface area contributed by atoms with E-state index in [1.54, 1.807) is 6.92 Å². The molecule has 0 aromatic heterocycles. The van der Waals surface area contributed by atoms with Crippen LogP contribution in [0.4, 0.5) is 0 Å². The molecule has 1 N–H and O–H groups in total. The largest absolute Gasteiger partial charge is 0.481 e. The number of rotatable bonds is 19. The van der Waals surface area contributed by atoms with Crippen LogP contribution in [-0.2, 0) is 9.59 Å². The fraction of sp³-hybridized carbons (Fsp3) is 0.862. The highest BCUT2D eigenvalue weighted by Gasteiger charge is 2.44. The summed E-state index contributed by atoms with van der Waals surface area (Å²) in [5, 5.41) is 11.7. The van der Waals surface area contributed by atoms with Crippen LogP contribution in [0.15, 0.2) is 11.5 Å². The van der Waals surface area contributed by atoms with Crippen molar-refractivity contribution in [2.24, 2.45) is 23.2 Å². The maximum Gasteiger partial charge on any atom is 0.303 e. The summed E-state index contributed by atoms with van der Waals surface area (Å²) >= 11 is 1.90. The minimum Gasteiger partial charge on any atom is -0.481 e. The molecule has 192 valence electrons. The van der Waals surface area contributed by atoms with Gasteiger partial charge in [-0.3, -0.25) is 4.79 Å². The highest BCUT2D eigenvalue weighted by atomic mass is 32.2. The first-order valence-electron chi connectivity index (χ1n) is 13.8. The van der Waals surface area contributed by atoms with Crippen molar-refractivity contribution in [2.45, 2.75) is 130 Å². The lowest BCUT2D eigenvalue weighted by molar-refractivity contribution is -0.141. The van der Waals surface area contributed by atoms with E-state index in [2.05, 4.69) is 32.3 Å². The third-order valence-electron chi connectivity index (χ3n) is 7.92. The predicted octanol–water partition coefficient (Wildman–Crippen LogP) is 9.06. The first-order chi connectivity index (χ1) is 15.8. The van der Waals surface area contributed by atoms with E-state index in [-0.39, 0.29) is 5.41 Å². The van der Waals surface area contributed by atoms with Gasteiger partial charge in [-0.25, -0.2) is 0 Å². The second kappa shape index (κ2) is 17.6. The Morgan fingerprint density at radius 3 is 2.36 bits per heavy atom. The van der Waals surface area contributed by atoms with Crippen LogP contribution in [-0.4, -0.2) is 22.6 Å². The van der Waals surface area contributed by atoms with Gasteiger partial charge < -0.3 is 9.90 Å². The highest BCUT2D eigenvalue weighted by Crippen LogP contribution is 2.53. The Kier molecular flexibility index (Phi) is 16.2. The van der Waals surface area contributed by atoms with E-state index in [4.69, 9.17) is 0 Å². The molecule has 0 unspecified atom stereocenters. The summed E-state index contributed by atoms with van der Waals surface area (Å²) in [5.74, 6) is 2.45. The lowest BCUT2D eigenvalue weighted by atomic mass is 9.56. The Balaban J connectivity index is 2.12. The van der Waals surface area contributed by atoms with Crippen molar-refractivity contribution in [1.82, 2.24) is 0 Å². The number of unbranched alkanes of at least 4 members (excludes halogenated alkanes) is 8. The molecule has 0 radical (unpaired) electrons. The van der Waals surface area contributed by atoms with Crippen molar-refractivity contribution in [2.75, 3.05) is 5.75 Å². The maximum atomic E-state index is 11.5. The number of carboxylic acid groups (broad SMARTS) is 1. The van der Waals surface area contributed by atoms with E-state index in [0.717, 1.165) is 25.7 Å². The molecule has 0 bridgehead atoms. The number of hydrogen-bond acceptors (Lipinski definition) is 3. The molecule has 4 heteroatoms. The molecular formula is C29H52O3S. The molecule has 1 aliphatic carbocycles. The van der Waals surface area contributed by atoms with Gasteiger partial charge in [-0.05, 0) is 86.2 Å². The van der Waals surface area contributed by atoms with E-state index >= 15 is 0 Å². The zero-order valence-electron chi connectivity index (χ0n) is 22.1. The Bertz CT molecular complexity index is 571. The van der Waals surface area contributed by atoms with Crippen molar-refractivity contribution in [3.63, 3.8) is 0 Å². The van der Waals surface area contributed by atoms with Crippen LogP contribution in [0, 0.1) is 23.2 Å². The molecule has 1 saturated carbocycles. The second-order valence-corrected chi connectivity index (χ2v) is 12.0. The quantitative estimate of drug-likeness (QED) is 0.187. The van der Waals surface area contributed by atoms with Crippen LogP contribution in [0.25, 0.3) is 0 Å². The van der Waals surface area contributed by atoms with Gasteiger partial charge in [0.1, 0.15) is 5.78 Å². The first kappa shape index (κ1) is 30.3. The molecule has 1 rings (SSSR count). The monoisotopic (exact) mass is 480 g/mol. The number of aliphatic carboxylic acids is 1. The van der Waals surface area contributed by atoms with E-state index in [0.29, 0.717) is 30.0 Å². The van der Waals surface area contributed by atoms with Gasteiger partial charge in [0.05, 0.1) is 0 Å². The summed E-state index contributed by atoms with van der Waals surface area (Å²) in [6.07, 6.45) is 20.6. The number of Topliss-reactive ketones (excluding diaryl/α,β-unsaturated/α-hetero) is 1. The third-order valence-corrected chi connectivity index (χ3v) is 8.83. The van der Waals surface area contributed by atoms with E-state index in [1.807, 2.05) is 11.8 Å². The molecule has 0 aromatic rings. The summed E-state index contributed by atoms with van der Waals surface area (Å²) in [6.45, 7) is 8.62. The highest BCUT2D eigenvalue weighted by molar-refractivity contribution is 8.02. The molecule has 3 atom stereocenters. The normalized spacial score (nSPS) is 23.4. The van der Waals surface area contributed by atoms with Crippen LogP contribution >= 0.6 is 11.8 Å². The van der Waals surface area contributed by atoms with Crippen LogP contribution in [0.2, 0.25) is 0 Å². The Labute approximate surface area is 209 Å². The van der Waals surface area contributed by atoms with Crippen molar-refractivity contribution < 1.29 is 14.7 Å². The molecule has 0 spiro atoms. The second-order valence-electron chi connectivity index (χ2n) is 11.0. The average Bonchev–Trinajstić information content (AvgIpc) is 2.74. The fourth-order valence-electron chi connectivity index (χ4n) is 5.80. The molecule has 1 fully saturated rings. The number of thioether (sulfide) groups is 1. The minimum absolute atomic E-state index is 0.237. The number of carboxylic acids is 1. The van der Waals surface area contributed by atoms with Crippen molar-refractivity contribution in [1.29, 1.82) is 0 Å². The van der Waals surface area contributed by atoms with Crippen molar-refractivity contribution >= 4 is 23.5 Å². The van der Waals surface area contributed by atoms with E-state index in [9.17, 15) is 14.7 Å². The first-order valence-corrected chi connectivity index (χ1v) is 14.8. The molecule has 3 nitrogen and oxygen atoms in total. The smallest absolute Gasteiger partial charge is 0.303 e. The molecule has 0 aliphatic heterocycles. The summed E-state index contributed by atoms with van der Waals surface area (Å²) < 4.78 is 0. The van der Waals surface area contributed by atoms with Crippen LogP contribution in [0.1, 0.15) is 130 Å². The number of allylic oxidation sites excluding steroid dienone is 1. The summed E-state index contributed by atoms with van der Waals surface area (Å²) in [5.41, 5.74) is 0.237. The van der Waals surface area contributed by atoms with Gasteiger partial charge in [0.2, 0.25) is 0 Å². The van der Waals surface area contributed by atoms with Gasteiger partial charge in [-0.15, -0.1) is 11.8 Å². The molecule has 33 heavy (non-hydrogen) atoms. The van der Waals surface area contributed by atoms with E-state index < -0.39 is 5.97 Å². The zero-order chi connectivity index (χ0) is 24.5. The van der Waals surface area contributed by atoms with Crippen molar-refractivity contribution in [3.8, 4) is 0 Å². The summed E-state index contributed by atoms with van der Waals surface area (Å²) in [6, 6.07) is 0. The topological polar surface area (TPSA) is 54.4 Å². The number of ketones is 1. The average molecular weight is 481 g/mol. The van der Waals surface area contributed by atoms with Gasteiger partial charge in [0.15, 0.2) is 0 Å². The Morgan fingerprint density at radius 2 is 1.70 bits per heavy atom. The van der Waals surface area contributed by atoms with Gasteiger partial charge in [0, 0.05) is 12.8 Å².